The molecule has 4 nitrogen and oxygen atoms in total. The van der Waals surface area contributed by atoms with Crippen LogP contribution in [0.1, 0.15) is 17.9 Å². The van der Waals surface area contributed by atoms with Crippen LogP contribution in [0.4, 0.5) is 0 Å². The van der Waals surface area contributed by atoms with Gasteiger partial charge in [0.25, 0.3) is 0 Å². The second-order valence-corrected chi connectivity index (χ2v) is 15.4. The number of aromatic nitrogens is 3. The number of hydrogen-bond acceptors (Lipinski definition) is 4. The maximum atomic E-state index is 6.52. The molecular weight excluding hydrogens is 683 g/mol. The first-order valence-electron chi connectivity index (χ1n) is 19.6. The predicted molar refractivity (Wildman–Crippen MR) is 228 cm³/mol. The molecule has 1 fully saturated rings. The highest BCUT2D eigenvalue weighted by molar-refractivity contribution is 6.25. The van der Waals surface area contributed by atoms with Gasteiger partial charge in [-0.05, 0) is 79.8 Å². The summed E-state index contributed by atoms with van der Waals surface area (Å²) in [5, 5.41) is 10.1. The van der Waals surface area contributed by atoms with E-state index in [-0.39, 0.29) is 5.92 Å². The van der Waals surface area contributed by atoms with Crippen molar-refractivity contribution in [1.29, 1.82) is 0 Å². The van der Waals surface area contributed by atoms with E-state index in [2.05, 4.69) is 109 Å². The van der Waals surface area contributed by atoms with Gasteiger partial charge in [-0.25, -0.2) is 15.0 Å². The number of furan rings is 1. The van der Waals surface area contributed by atoms with Crippen molar-refractivity contribution in [2.24, 2.45) is 17.8 Å². The Morgan fingerprint density at radius 3 is 1.80 bits per heavy atom. The molecule has 0 spiro atoms. The fraction of sp³-hybridized carbons (Fsp3) is 0.0962. The molecule has 0 amide bonds. The van der Waals surface area contributed by atoms with Crippen LogP contribution in [0.25, 0.3) is 89.6 Å². The molecule has 4 unspecified atom stereocenters. The summed E-state index contributed by atoms with van der Waals surface area (Å²) in [5.41, 5.74) is 7.43. The molecule has 4 heteroatoms. The molecule has 56 heavy (non-hydrogen) atoms. The van der Waals surface area contributed by atoms with Crippen molar-refractivity contribution in [3.8, 4) is 34.2 Å². The van der Waals surface area contributed by atoms with Crippen LogP contribution in [0.2, 0.25) is 0 Å². The summed E-state index contributed by atoms with van der Waals surface area (Å²) in [6, 6.07) is 51.4. The largest absolute Gasteiger partial charge is 0.456 e. The summed E-state index contributed by atoms with van der Waals surface area (Å²) < 4.78 is 6.52. The van der Waals surface area contributed by atoms with E-state index in [4.69, 9.17) is 19.4 Å². The lowest BCUT2D eigenvalue weighted by Gasteiger charge is -2.16. The molecule has 9 aromatic rings. The number of nitrogens with zero attached hydrogens (tertiary/aromatic N) is 3. The molecule has 7 aromatic carbocycles. The van der Waals surface area contributed by atoms with Crippen molar-refractivity contribution in [2.45, 2.75) is 12.3 Å². The van der Waals surface area contributed by atoms with Gasteiger partial charge < -0.3 is 4.42 Å². The summed E-state index contributed by atoms with van der Waals surface area (Å²) in [4.78, 5) is 15.1. The Hall–Kier alpha value is -6.91. The highest BCUT2D eigenvalue weighted by Crippen LogP contribution is 2.59. The average molecular weight is 718 g/mol. The molecule has 0 bridgehead atoms. The van der Waals surface area contributed by atoms with E-state index >= 15 is 0 Å². The normalized spacial score (nSPS) is 19.7. The molecule has 0 aliphatic heterocycles. The number of benzene rings is 7. The molecule has 2 heterocycles. The minimum atomic E-state index is 0.250. The highest BCUT2D eigenvalue weighted by atomic mass is 16.3. The van der Waals surface area contributed by atoms with E-state index in [1.807, 2.05) is 66.7 Å². The van der Waals surface area contributed by atoms with Crippen molar-refractivity contribution in [1.82, 2.24) is 15.0 Å². The molecule has 3 aliphatic carbocycles. The van der Waals surface area contributed by atoms with Crippen LogP contribution in [0.5, 0.6) is 0 Å². The first-order valence-corrected chi connectivity index (χ1v) is 19.6. The van der Waals surface area contributed by atoms with Crippen LogP contribution in [0.15, 0.2) is 174 Å². The SMILES string of the molecule is C1=CC2C(C=C1C1C=c3c(oc4cccc(-c5nc(-c6ccccc6)nc(-c6ccccc6)n5)c34)=CC1)C2c1ccc2c3ccccc3c3ccccc3c2c1. The number of hydrogen-bond donors (Lipinski definition) is 0. The van der Waals surface area contributed by atoms with Gasteiger partial charge in [0.1, 0.15) is 11.0 Å². The third kappa shape index (κ3) is 4.95. The molecule has 2 aromatic heterocycles. The van der Waals surface area contributed by atoms with E-state index in [1.54, 1.807) is 0 Å². The molecule has 4 atom stereocenters. The van der Waals surface area contributed by atoms with Crippen LogP contribution >= 0.6 is 0 Å². The summed E-state index contributed by atoms with van der Waals surface area (Å²) in [6.07, 6.45) is 13.0. The van der Waals surface area contributed by atoms with Crippen molar-refractivity contribution in [3.05, 3.63) is 186 Å². The molecule has 0 saturated heterocycles. The number of fused-ring (bicyclic) bond motifs is 10. The topological polar surface area (TPSA) is 51.8 Å². The molecule has 3 aliphatic rings. The third-order valence-electron chi connectivity index (χ3n) is 12.3. The molecule has 1 saturated carbocycles. The lowest BCUT2D eigenvalue weighted by Crippen LogP contribution is -2.26. The van der Waals surface area contributed by atoms with Gasteiger partial charge in [-0.1, -0.05) is 164 Å². The fourth-order valence-corrected chi connectivity index (χ4v) is 9.50. The van der Waals surface area contributed by atoms with Crippen LogP contribution in [-0.2, 0) is 0 Å². The van der Waals surface area contributed by atoms with Gasteiger partial charge in [-0.3, -0.25) is 0 Å². The van der Waals surface area contributed by atoms with Gasteiger partial charge in [-0.2, -0.15) is 0 Å². The number of allylic oxidation sites excluding steroid dienone is 4. The Morgan fingerprint density at radius 2 is 1.12 bits per heavy atom. The van der Waals surface area contributed by atoms with Crippen LogP contribution in [0, 0.1) is 17.8 Å². The first-order chi connectivity index (χ1) is 27.7. The van der Waals surface area contributed by atoms with E-state index in [0.29, 0.717) is 35.2 Å². The van der Waals surface area contributed by atoms with E-state index in [1.165, 1.54) is 43.5 Å². The molecule has 0 N–H and O–H groups in total. The summed E-state index contributed by atoms with van der Waals surface area (Å²) in [6.45, 7) is 0. The zero-order chi connectivity index (χ0) is 36.7. The van der Waals surface area contributed by atoms with Gasteiger partial charge in [0.15, 0.2) is 17.5 Å². The van der Waals surface area contributed by atoms with E-state index < -0.39 is 0 Å². The van der Waals surface area contributed by atoms with Gasteiger partial charge in [0.05, 0.1) is 0 Å². The highest BCUT2D eigenvalue weighted by Gasteiger charge is 2.49. The Labute approximate surface area is 323 Å². The van der Waals surface area contributed by atoms with Gasteiger partial charge in [0.2, 0.25) is 0 Å². The smallest absolute Gasteiger partial charge is 0.164 e. The lowest BCUT2D eigenvalue weighted by atomic mass is 9.88. The standard InChI is InChI=1S/C52H35N3O/c1-3-12-31(13-4-1)50-53-51(32-14-5-2-6-15-32)55-52(54-50)42-20-11-21-47-49(42)45-29-34(24-27-46(45)56-47)33-22-26-41-44(28-33)48(41)35-23-25-40-38-18-8-7-16-36(38)37-17-9-10-19-39(37)43(40)30-35/h1-23,25-30,34,41,44,48H,24H2. The van der Waals surface area contributed by atoms with Gasteiger partial charge >= 0.3 is 0 Å². The van der Waals surface area contributed by atoms with E-state index in [9.17, 15) is 0 Å². The van der Waals surface area contributed by atoms with Crippen molar-refractivity contribution >= 4 is 55.4 Å². The van der Waals surface area contributed by atoms with Crippen molar-refractivity contribution < 1.29 is 4.42 Å². The van der Waals surface area contributed by atoms with Crippen LogP contribution in [-0.4, -0.2) is 15.0 Å². The quantitative estimate of drug-likeness (QED) is 0.166. The predicted octanol–water partition coefficient (Wildman–Crippen LogP) is 11.2. The summed E-state index contributed by atoms with van der Waals surface area (Å²) in [7, 11) is 0. The zero-order valence-electron chi connectivity index (χ0n) is 30.5. The minimum absolute atomic E-state index is 0.250. The molecule has 12 rings (SSSR count). The summed E-state index contributed by atoms with van der Waals surface area (Å²) >= 11 is 0. The van der Waals surface area contributed by atoms with Gasteiger partial charge in [0, 0.05) is 33.2 Å². The minimum Gasteiger partial charge on any atom is -0.456 e. The van der Waals surface area contributed by atoms with Gasteiger partial charge in [-0.15, -0.1) is 0 Å². The van der Waals surface area contributed by atoms with Crippen LogP contribution < -0.4 is 10.6 Å². The third-order valence-corrected chi connectivity index (χ3v) is 12.3. The average Bonchev–Trinajstić information content (AvgIpc) is 3.88. The first kappa shape index (κ1) is 31.4. The second-order valence-electron chi connectivity index (χ2n) is 15.4. The van der Waals surface area contributed by atoms with Crippen LogP contribution in [0.3, 0.4) is 0 Å². The molecule has 0 radical (unpaired) electrons. The molecular formula is C52H35N3O. The lowest BCUT2D eigenvalue weighted by molar-refractivity contribution is 0.568. The Bertz CT molecular complexity index is 3160. The van der Waals surface area contributed by atoms with Crippen molar-refractivity contribution in [3.63, 3.8) is 0 Å². The second kappa shape index (κ2) is 12.3. The Balaban J connectivity index is 0.927. The Kier molecular flexibility index (Phi) is 6.91. The Morgan fingerprint density at radius 1 is 0.518 bits per heavy atom. The monoisotopic (exact) mass is 717 g/mol. The van der Waals surface area contributed by atoms with Crippen molar-refractivity contribution in [2.75, 3.05) is 0 Å². The molecule has 264 valence electrons. The summed E-state index contributed by atoms with van der Waals surface area (Å²) in [5.74, 6) is 3.72. The number of rotatable bonds is 5. The fourth-order valence-electron chi connectivity index (χ4n) is 9.50. The zero-order valence-corrected chi connectivity index (χ0v) is 30.5. The maximum Gasteiger partial charge on any atom is 0.164 e. The maximum absolute atomic E-state index is 6.52. The van der Waals surface area contributed by atoms with E-state index in [0.717, 1.165) is 44.7 Å².